The van der Waals surface area contributed by atoms with E-state index in [2.05, 4.69) is 10.1 Å². The molecule has 0 atom stereocenters. The summed E-state index contributed by atoms with van der Waals surface area (Å²) in [4.78, 5) is 15.2. The highest BCUT2D eigenvalue weighted by Gasteiger charge is 2.22. The summed E-state index contributed by atoms with van der Waals surface area (Å²) in [6.07, 6.45) is 1.78. The number of hydrogen-bond donors (Lipinski definition) is 1. The topological polar surface area (TPSA) is 85.5 Å². The highest BCUT2D eigenvalue weighted by atomic mass is 16.5. The van der Waals surface area contributed by atoms with E-state index in [1.807, 2.05) is 0 Å². The Hall–Kier alpha value is -2.21. The lowest BCUT2D eigenvalue weighted by Crippen LogP contribution is -2.14. The van der Waals surface area contributed by atoms with Gasteiger partial charge in [0.05, 0.1) is 5.56 Å². The van der Waals surface area contributed by atoms with Crippen LogP contribution in [0.1, 0.15) is 35.0 Å². The van der Waals surface area contributed by atoms with E-state index in [-0.39, 0.29) is 11.5 Å². The number of nitrogens with zero attached hydrogens (tertiary/aromatic N) is 2. The Bertz CT molecular complexity index is 600. The summed E-state index contributed by atoms with van der Waals surface area (Å²) in [6.45, 7) is 1.44. The molecule has 0 unspecified atom stereocenters. The van der Waals surface area contributed by atoms with Gasteiger partial charge in [-0.15, -0.1) is 0 Å². The number of aromatic carboxylic acids is 1. The second kappa shape index (κ2) is 5.42. The highest BCUT2D eigenvalue weighted by Crippen LogP contribution is 2.27. The molecule has 0 bridgehead atoms. The lowest BCUT2D eigenvalue weighted by atomic mass is 10.0. The van der Waals surface area contributed by atoms with E-state index < -0.39 is 5.97 Å². The van der Waals surface area contributed by atoms with Crippen LogP contribution in [-0.4, -0.2) is 34.4 Å². The fourth-order valence-corrected chi connectivity index (χ4v) is 2.22. The van der Waals surface area contributed by atoms with Crippen molar-refractivity contribution in [2.75, 3.05) is 13.2 Å². The van der Waals surface area contributed by atoms with Crippen molar-refractivity contribution in [2.45, 2.75) is 18.8 Å². The molecule has 1 aliphatic heterocycles. The normalized spacial score (nSPS) is 16.2. The Kier molecular flexibility index (Phi) is 3.47. The van der Waals surface area contributed by atoms with Crippen molar-refractivity contribution in [1.29, 1.82) is 0 Å². The van der Waals surface area contributed by atoms with Gasteiger partial charge in [0.25, 0.3) is 0 Å². The molecule has 1 N–H and O–H groups in total. The first-order valence-electron chi connectivity index (χ1n) is 6.49. The molecule has 1 saturated heterocycles. The van der Waals surface area contributed by atoms with Gasteiger partial charge < -0.3 is 14.4 Å². The van der Waals surface area contributed by atoms with Crippen LogP contribution in [0.5, 0.6) is 0 Å². The van der Waals surface area contributed by atoms with Gasteiger partial charge in [-0.25, -0.2) is 4.79 Å². The quantitative estimate of drug-likeness (QED) is 0.924. The predicted octanol–water partition coefficient (Wildman–Crippen LogP) is 2.33. The van der Waals surface area contributed by atoms with Crippen LogP contribution < -0.4 is 0 Å². The van der Waals surface area contributed by atoms with Crippen LogP contribution in [-0.2, 0) is 4.74 Å². The van der Waals surface area contributed by atoms with Crippen LogP contribution in [0.15, 0.2) is 28.8 Å². The number of ether oxygens (including phenoxy) is 1. The maximum absolute atomic E-state index is 10.8. The predicted molar refractivity (Wildman–Crippen MR) is 69.5 cm³/mol. The van der Waals surface area contributed by atoms with E-state index in [0.717, 1.165) is 31.6 Å². The Morgan fingerprint density at radius 2 is 1.90 bits per heavy atom. The van der Waals surface area contributed by atoms with Gasteiger partial charge in [-0.1, -0.05) is 17.3 Å². The van der Waals surface area contributed by atoms with Gasteiger partial charge in [0, 0.05) is 24.7 Å². The third kappa shape index (κ3) is 2.55. The zero-order valence-electron chi connectivity index (χ0n) is 10.8. The summed E-state index contributed by atoms with van der Waals surface area (Å²) in [5.41, 5.74) is 0.985. The summed E-state index contributed by atoms with van der Waals surface area (Å²) < 4.78 is 10.6. The second-order valence-electron chi connectivity index (χ2n) is 4.73. The van der Waals surface area contributed by atoms with Crippen LogP contribution in [0, 0.1) is 0 Å². The van der Waals surface area contributed by atoms with Crippen LogP contribution in [0.25, 0.3) is 11.4 Å². The number of carboxylic acids is 1. The molecule has 1 aromatic carbocycles. The maximum atomic E-state index is 10.8. The van der Waals surface area contributed by atoms with Gasteiger partial charge in [-0.3, -0.25) is 0 Å². The Labute approximate surface area is 115 Å². The molecule has 6 nitrogen and oxygen atoms in total. The number of carboxylic acid groups (broad SMARTS) is 1. The van der Waals surface area contributed by atoms with Gasteiger partial charge in [-0.2, -0.15) is 4.98 Å². The second-order valence-corrected chi connectivity index (χ2v) is 4.73. The van der Waals surface area contributed by atoms with Gasteiger partial charge in [0.2, 0.25) is 11.7 Å². The zero-order chi connectivity index (χ0) is 13.9. The summed E-state index contributed by atoms with van der Waals surface area (Å²) in [5, 5.41) is 12.8. The van der Waals surface area contributed by atoms with Crippen molar-refractivity contribution >= 4 is 5.97 Å². The Morgan fingerprint density at radius 1 is 1.20 bits per heavy atom. The fourth-order valence-electron chi connectivity index (χ4n) is 2.22. The van der Waals surface area contributed by atoms with E-state index in [1.54, 1.807) is 12.1 Å². The standard InChI is InChI=1S/C14H14N2O4/c17-14(18)11-3-1-9(2-4-11)12-15-13(20-16-12)10-5-7-19-8-6-10/h1-4,10H,5-8H2,(H,17,18). The van der Waals surface area contributed by atoms with Crippen LogP contribution in [0.2, 0.25) is 0 Å². The first kappa shape index (κ1) is 12.8. The van der Waals surface area contributed by atoms with Gasteiger partial charge in [0.15, 0.2) is 0 Å². The molecule has 104 valence electrons. The minimum absolute atomic E-state index is 0.238. The van der Waals surface area contributed by atoms with E-state index in [9.17, 15) is 4.79 Å². The lowest BCUT2D eigenvalue weighted by Gasteiger charge is -2.17. The van der Waals surface area contributed by atoms with Crippen LogP contribution >= 0.6 is 0 Å². The Morgan fingerprint density at radius 3 is 2.55 bits per heavy atom. The molecule has 0 radical (unpaired) electrons. The molecule has 0 aliphatic carbocycles. The van der Waals surface area contributed by atoms with E-state index in [4.69, 9.17) is 14.4 Å². The van der Waals surface area contributed by atoms with Crippen molar-refractivity contribution in [2.24, 2.45) is 0 Å². The molecular weight excluding hydrogens is 260 g/mol. The van der Waals surface area contributed by atoms with Crippen LogP contribution in [0.4, 0.5) is 0 Å². The molecular formula is C14H14N2O4. The molecule has 1 fully saturated rings. The summed E-state index contributed by atoms with van der Waals surface area (Å²) in [5.74, 6) is 0.421. The fraction of sp³-hybridized carbons (Fsp3) is 0.357. The number of aromatic nitrogens is 2. The van der Waals surface area contributed by atoms with Crippen molar-refractivity contribution in [3.05, 3.63) is 35.7 Å². The van der Waals surface area contributed by atoms with E-state index >= 15 is 0 Å². The molecule has 0 saturated carbocycles. The molecule has 2 heterocycles. The summed E-state index contributed by atoms with van der Waals surface area (Å²) >= 11 is 0. The lowest BCUT2D eigenvalue weighted by molar-refractivity contribution is 0.0697. The molecule has 2 aromatic rings. The van der Waals surface area contributed by atoms with Crippen LogP contribution in [0.3, 0.4) is 0 Å². The molecule has 20 heavy (non-hydrogen) atoms. The molecule has 1 aromatic heterocycles. The first-order valence-corrected chi connectivity index (χ1v) is 6.49. The third-order valence-corrected chi connectivity index (χ3v) is 3.40. The number of carbonyl (C=O) groups is 1. The van der Waals surface area contributed by atoms with Crippen molar-refractivity contribution in [1.82, 2.24) is 10.1 Å². The number of rotatable bonds is 3. The van der Waals surface area contributed by atoms with E-state index in [1.165, 1.54) is 12.1 Å². The first-order chi connectivity index (χ1) is 9.74. The van der Waals surface area contributed by atoms with Crippen molar-refractivity contribution in [3.63, 3.8) is 0 Å². The molecule has 3 rings (SSSR count). The highest BCUT2D eigenvalue weighted by molar-refractivity contribution is 5.88. The SMILES string of the molecule is O=C(O)c1ccc(-c2noc(C3CCOCC3)n2)cc1. The van der Waals surface area contributed by atoms with Crippen molar-refractivity contribution < 1.29 is 19.2 Å². The summed E-state index contributed by atoms with van der Waals surface area (Å²) in [6, 6.07) is 6.43. The zero-order valence-corrected chi connectivity index (χ0v) is 10.8. The molecule has 0 spiro atoms. The minimum Gasteiger partial charge on any atom is -0.478 e. The monoisotopic (exact) mass is 274 g/mol. The average molecular weight is 274 g/mol. The molecule has 1 aliphatic rings. The largest absolute Gasteiger partial charge is 0.478 e. The molecule has 0 amide bonds. The smallest absolute Gasteiger partial charge is 0.335 e. The van der Waals surface area contributed by atoms with Gasteiger partial charge in [-0.05, 0) is 25.0 Å². The third-order valence-electron chi connectivity index (χ3n) is 3.40. The number of benzene rings is 1. The van der Waals surface area contributed by atoms with E-state index in [0.29, 0.717) is 11.7 Å². The minimum atomic E-state index is -0.951. The average Bonchev–Trinajstić information content (AvgIpc) is 2.98. The Balaban J connectivity index is 1.80. The van der Waals surface area contributed by atoms with Gasteiger partial charge in [0.1, 0.15) is 0 Å². The maximum Gasteiger partial charge on any atom is 0.335 e. The molecule has 6 heteroatoms. The van der Waals surface area contributed by atoms with Crippen molar-refractivity contribution in [3.8, 4) is 11.4 Å². The summed E-state index contributed by atoms with van der Waals surface area (Å²) in [7, 11) is 0. The number of hydrogen-bond acceptors (Lipinski definition) is 5. The van der Waals surface area contributed by atoms with Gasteiger partial charge >= 0.3 is 5.97 Å².